The molecule has 7 heteroatoms. The highest BCUT2D eigenvalue weighted by atomic mass is 127. The zero-order chi connectivity index (χ0) is 18.6. The van der Waals surface area contributed by atoms with Gasteiger partial charge in [-0.1, -0.05) is 25.5 Å². The van der Waals surface area contributed by atoms with Gasteiger partial charge in [0.1, 0.15) is 5.82 Å². The van der Waals surface area contributed by atoms with Crippen LogP contribution in [0.2, 0.25) is 0 Å². The maximum atomic E-state index is 13.5. The van der Waals surface area contributed by atoms with Gasteiger partial charge < -0.3 is 10.6 Å². The molecule has 0 radical (unpaired) electrons. The van der Waals surface area contributed by atoms with Crippen molar-refractivity contribution in [3.05, 3.63) is 35.6 Å². The van der Waals surface area contributed by atoms with Gasteiger partial charge in [0.25, 0.3) is 0 Å². The van der Waals surface area contributed by atoms with Crippen LogP contribution in [0.25, 0.3) is 0 Å². The van der Waals surface area contributed by atoms with Crippen LogP contribution in [0, 0.1) is 5.82 Å². The predicted octanol–water partition coefficient (Wildman–Crippen LogP) is 3.72. The smallest absolute Gasteiger partial charge is 0.191 e. The van der Waals surface area contributed by atoms with E-state index in [-0.39, 0.29) is 35.2 Å². The molecule has 27 heavy (non-hydrogen) atoms. The fraction of sp³-hybridized carbons (Fsp3) is 0.650. The lowest BCUT2D eigenvalue weighted by Gasteiger charge is -2.30. The number of rotatable bonds is 6. The number of nitrogens with one attached hydrogen (secondary N) is 2. The van der Waals surface area contributed by atoms with E-state index in [0.29, 0.717) is 11.3 Å². The molecule has 1 aromatic carbocycles. The van der Waals surface area contributed by atoms with Gasteiger partial charge in [-0.25, -0.2) is 4.39 Å². The molecule has 3 unspecified atom stereocenters. The fourth-order valence-corrected chi connectivity index (χ4v) is 5.28. The first-order valence-electron chi connectivity index (χ1n) is 9.67. The molecule has 4 nitrogen and oxygen atoms in total. The van der Waals surface area contributed by atoms with E-state index in [1.165, 1.54) is 6.07 Å². The molecule has 152 valence electrons. The van der Waals surface area contributed by atoms with Crippen LogP contribution in [0.1, 0.15) is 51.0 Å². The van der Waals surface area contributed by atoms with Crippen LogP contribution >= 0.6 is 24.0 Å². The molecule has 2 fully saturated rings. The third kappa shape index (κ3) is 5.89. The van der Waals surface area contributed by atoms with E-state index in [1.54, 1.807) is 19.2 Å². The highest BCUT2D eigenvalue weighted by molar-refractivity contribution is 14.0. The highest BCUT2D eigenvalue weighted by Gasteiger charge is 2.44. The normalized spacial score (nSPS) is 25.2. The van der Waals surface area contributed by atoms with Crippen molar-refractivity contribution in [2.24, 2.45) is 4.99 Å². The number of aliphatic imine (C=N–C) groups is 1. The molecule has 0 amide bonds. The first kappa shape index (κ1) is 22.6. The van der Waals surface area contributed by atoms with Gasteiger partial charge in [0.2, 0.25) is 0 Å². The Kier molecular flexibility index (Phi) is 8.52. The van der Waals surface area contributed by atoms with Gasteiger partial charge >= 0.3 is 0 Å². The second kappa shape index (κ2) is 10.2. The first-order chi connectivity index (χ1) is 12.6. The van der Waals surface area contributed by atoms with E-state index in [2.05, 4.69) is 15.6 Å². The molecule has 1 aromatic rings. The third-order valence-corrected chi connectivity index (χ3v) is 7.47. The molecule has 0 aromatic heterocycles. The SMILES string of the molecule is CCS(=O)C1CCCC(NC(=NC)NCC2(c3cccc(F)c3)CC2)C1.I. The summed E-state index contributed by atoms with van der Waals surface area (Å²) in [4.78, 5) is 4.36. The lowest BCUT2D eigenvalue weighted by atomic mass is 9.95. The Bertz CT molecular complexity index is 681. The van der Waals surface area contributed by atoms with Gasteiger partial charge in [-0.05, 0) is 49.8 Å². The predicted molar refractivity (Wildman–Crippen MR) is 122 cm³/mol. The molecule has 3 rings (SSSR count). The van der Waals surface area contributed by atoms with Crippen molar-refractivity contribution >= 4 is 40.7 Å². The van der Waals surface area contributed by atoms with E-state index in [0.717, 1.165) is 62.3 Å². The number of guanidine groups is 1. The van der Waals surface area contributed by atoms with Crippen molar-refractivity contribution in [2.45, 2.75) is 62.2 Å². The topological polar surface area (TPSA) is 53.5 Å². The van der Waals surface area contributed by atoms with Gasteiger partial charge in [0, 0.05) is 46.9 Å². The second-order valence-corrected chi connectivity index (χ2v) is 9.52. The van der Waals surface area contributed by atoms with Crippen molar-refractivity contribution < 1.29 is 8.60 Å². The van der Waals surface area contributed by atoms with Gasteiger partial charge in [0.15, 0.2) is 5.96 Å². The Labute approximate surface area is 181 Å². The van der Waals surface area contributed by atoms with E-state index in [9.17, 15) is 8.60 Å². The zero-order valence-electron chi connectivity index (χ0n) is 16.2. The summed E-state index contributed by atoms with van der Waals surface area (Å²) in [6, 6.07) is 7.26. The summed E-state index contributed by atoms with van der Waals surface area (Å²) < 4.78 is 25.7. The van der Waals surface area contributed by atoms with Crippen LogP contribution in [0.4, 0.5) is 4.39 Å². The number of halogens is 2. The maximum Gasteiger partial charge on any atom is 0.191 e. The van der Waals surface area contributed by atoms with E-state index < -0.39 is 10.8 Å². The minimum atomic E-state index is -0.722. The third-order valence-electron chi connectivity index (χ3n) is 5.73. The monoisotopic (exact) mass is 507 g/mol. The van der Waals surface area contributed by atoms with Crippen LogP contribution in [-0.4, -0.2) is 40.8 Å². The first-order valence-corrected chi connectivity index (χ1v) is 11.0. The molecule has 2 saturated carbocycles. The van der Waals surface area contributed by atoms with Crippen LogP contribution in [0.15, 0.2) is 29.3 Å². The highest BCUT2D eigenvalue weighted by Crippen LogP contribution is 2.47. The number of nitrogens with zero attached hydrogens (tertiary/aromatic N) is 1. The molecule has 2 aliphatic carbocycles. The number of hydrogen-bond acceptors (Lipinski definition) is 2. The maximum absolute atomic E-state index is 13.5. The average molecular weight is 507 g/mol. The minimum Gasteiger partial charge on any atom is -0.356 e. The summed E-state index contributed by atoms with van der Waals surface area (Å²) >= 11 is 0. The van der Waals surface area contributed by atoms with E-state index >= 15 is 0 Å². The largest absolute Gasteiger partial charge is 0.356 e. The molecule has 0 spiro atoms. The quantitative estimate of drug-likeness (QED) is 0.351. The Hall–Kier alpha value is -0.700. The Balaban J connectivity index is 0.00000261. The van der Waals surface area contributed by atoms with Gasteiger partial charge in [-0.3, -0.25) is 9.20 Å². The van der Waals surface area contributed by atoms with Crippen molar-refractivity contribution in [1.82, 2.24) is 10.6 Å². The standard InChI is InChI=1S/C20H30FN3OS.HI/c1-3-26(25)18-9-5-8-17(13-18)24-19(22-2)23-14-20(10-11-20)15-6-4-7-16(21)12-15;/h4,6-7,12,17-18H,3,5,8-11,13-14H2,1-2H3,(H2,22,23,24);1H. The summed E-state index contributed by atoms with van der Waals surface area (Å²) in [7, 11) is 1.06. The summed E-state index contributed by atoms with van der Waals surface area (Å²) in [5.41, 5.74) is 1.09. The lowest BCUT2D eigenvalue weighted by molar-refractivity contribution is 0.413. The average Bonchev–Trinajstić information content (AvgIpc) is 3.46. The summed E-state index contributed by atoms with van der Waals surface area (Å²) in [6.45, 7) is 2.75. The van der Waals surface area contributed by atoms with Crippen molar-refractivity contribution in [2.75, 3.05) is 19.3 Å². The number of hydrogen-bond donors (Lipinski definition) is 2. The van der Waals surface area contributed by atoms with Crippen molar-refractivity contribution in [1.29, 1.82) is 0 Å². The number of benzene rings is 1. The fourth-order valence-electron chi connectivity index (χ4n) is 3.93. The molecule has 0 aliphatic heterocycles. The molecule has 2 N–H and O–H groups in total. The zero-order valence-corrected chi connectivity index (χ0v) is 19.3. The van der Waals surface area contributed by atoms with E-state index in [4.69, 9.17) is 0 Å². The Morgan fingerprint density at radius 3 is 2.78 bits per heavy atom. The van der Waals surface area contributed by atoms with E-state index in [1.807, 2.05) is 13.0 Å². The van der Waals surface area contributed by atoms with Crippen LogP contribution in [0.3, 0.4) is 0 Å². The Morgan fingerprint density at radius 1 is 1.37 bits per heavy atom. The molecule has 2 aliphatic rings. The molecular formula is C20H31FIN3OS. The molecular weight excluding hydrogens is 476 g/mol. The molecule has 0 heterocycles. The van der Waals surface area contributed by atoms with Crippen molar-refractivity contribution in [3.63, 3.8) is 0 Å². The summed E-state index contributed by atoms with van der Waals surface area (Å²) in [5.74, 6) is 1.36. The molecule has 0 bridgehead atoms. The van der Waals surface area contributed by atoms with Crippen LogP contribution in [-0.2, 0) is 16.2 Å². The van der Waals surface area contributed by atoms with Crippen LogP contribution in [0.5, 0.6) is 0 Å². The van der Waals surface area contributed by atoms with Gasteiger partial charge in [-0.2, -0.15) is 0 Å². The van der Waals surface area contributed by atoms with Crippen molar-refractivity contribution in [3.8, 4) is 0 Å². The molecule has 3 atom stereocenters. The summed E-state index contributed by atoms with van der Waals surface area (Å²) in [6.07, 6.45) is 6.35. The van der Waals surface area contributed by atoms with Gasteiger partial charge in [0.05, 0.1) is 0 Å². The van der Waals surface area contributed by atoms with Gasteiger partial charge in [-0.15, -0.1) is 24.0 Å². The minimum absolute atomic E-state index is 0. The second-order valence-electron chi connectivity index (χ2n) is 7.52. The lowest BCUT2D eigenvalue weighted by Crippen LogP contribution is -2.48. The summed E-state index contributed by atoms with van der Waals surface area (Å²) in [5, 5.41) is 7.24. The Morgan fingerprint density at radius 2 is 2.15 bits per heavy atom. The van der Waals surface area contributed by atoms with Crippen LogP contribution < -0.4 is 10.6 Å². The molecule has 0 saturated heterocycles.